The smallest absolute Gasteiger partial charge is 0.230 e. The van der Waals surface area contributed by atoms with Crippen molar-refractivity contribution in [3.05, 3.63) is 102 Å². The number of hydrogen-bond donors (Lipinski definition) is 0. The average Bonchev–Trinajstić information content (AvgIpc) is 3.39. The molecule has 1 amide bonds. The van der Waals surface area contributed by atoms with Crippen molar-refractivity contribution in [3.8, 4) is 5.75 Å². The second-order valence-corrected chi connectivity index (χ2v) is 11.2. The molecule has 4 nitrogen and oxygen atoms in total. The number of likely N-dealkylation sites (tertiary alicyclic amines) is 2. The lowest BCUT2D eigenvalue weighted by molar-refractivity contribution is -0.132. The highest BCUT2D eigenvalue weighted by Gasteiger charge is 2.40. The Kier molecular flexibility index (Phi) is 8.80. The third-order valence-electron chi connectivity index (χ3n) is 8.77. The van der Waals surface area contributed by atoms with Gasteiger partial charge in [0.05, 0.1) is 13.0 Å². The van der Waals surface area contributed by atoms with Gasteiger partial charge >= 0.3 is 0 Å². The van der Waals surface area contributed by atoms with Gasteiger partial charge in [-0.25, -0.2) is 0 Å². The lowest BCUT2D eigenvalue weighted by Crippen LogP contribution is -2.39. The van der Waals surface area contributed by atoms with E-state index in [9.17, 15) is 4.79 Å². The van der Waals surface area contributed by atoms with Crippen LogP contribution in [-0.2, 0) is 11.2 Å². The Labute approximate surface area is 228 Å². The molecule has 0 radical (unpaired) electrons. The predicted octanol–water partition coefficient (Wildman–Crippen LogP) is 6.39. The molecule has 3 atom stereocenters. The van der Waals surface area contributed by atoms with Crippen molar-refractivity contribution in [1.82, 2.24) is 9.80 Å². The summed E-state index contributed by atoms with van der Waals surface area (Å²) in [5, 5.41) is 0. The van der Waals surface area contributed by atoms with Crippen LogP contribution in [0.2, 0.25) is 0 Å². The molecule has 0 unspecified atom stereocenters. The molecule has 3 aromatic rings. The molecule has 2 aliphatic rings. The van der Waals surface area contributed by atoms with Gasteiger partial charge in [0.25, 0.3) is 0 Å². The molecule has 2 saturated heterocycles. The number of carbonyl (C=O) groups excluding carboxylic acids is 1. The largest absolute Gasteiger partial charge is 0.496 e. The maximum absolute atomic E-state index is 13.8. The zero-order valence-electron chi connectivity index (χ0n) is 23.0. The molecule has 0 aromatic heterocycles. The van der Waals surface area contributed by atoms with E-state index in [1.54, 1.807) is 7.11 Å². The van der Waals surface area contributed by atoms with Crippen LogP contribution in [0.1, 0.15) is 54.7 Å². The van der Waals surface area contributed by atoms with Gasteiger partial charge < -0.3 is 14.5 Å². The summed E-state index contributed by atoms with van der Waals surface area (Å²) in [7, 11) is 1.76. The van der Waals surface area contributed by atoms with E-state index in [1.165, 1.54) is 30.4 Å². The van der Waals surface area contributed by atoms with E-state index in [4.69, 9.17) is 4.74 Å². The van der Waals surface area contributed by atoms with Crippen LogP contribution in [0.15, 0.2) is 84.9 Å². The Balaban J connectivity index is 1.29. The number of ether oxygens (including phenoxy) is 1. The number of hydrogen-bond acceptors (Lipinski definition) is 3. The van der Waals surface area contributed by atoms with Crippen LogP contribution in [0.3, 0.4) is 0 Å². The average molecular weight is 511 g/mol. The Hall–Kier alpha value is -3.11. The fourth-order valence-electron chi connectivity index (χ4n) is 6.67. The van der Waals surface area contributed by atoms with E-state index < -0.39 is 0 Å². The molecule has 0 N–H and O–H groups in total. The van der Waals surface area contributed by atoms with Crippen molar-refractivity contribution in [2.45, 2.75) is 44.4 Å². The normalized spacial score (nSPS) is 21.4. The van der Waals surface area contributed by atoms with Crippen LogP contribution < -0.4 is 4.74 Å². The maximum atomic E-state index is 13.8. The van der Waals surface area contributed by atoms with Crippen molar-refractivity contribution < 1.29 is 9.53 Å². The number of carbonyl (C=O) groups is 1. The van der Waals surface area contributed by atoms with Crippen LogP contribution in [0, 0.1) is 11.8 Å². The third kappa shape index (κ3) is 6.13. The molecule has 3 aromatic carbocycles. The highest BCUT2D eigenvalue weighted by molar-refractivity contribution is 5.84. The first kappa shape index (κ1) is 26.5. The standard InChI is InChI=1S/C34H42N2O2/c1-3-30(28-14-8-5-9-15-28)34(37)36-24-29(32(25-36)31-16-10-11-17-33(31)38-2)23-35-20-18-27(19-21-35)22-26-12-6-4-7-13-26/h4-17,27,29-30,32H,3,18-25H2,1-2H3/t29-,30-,32+/m0/s1. The van der Waals surface area contributed by atoms with E-state index in [2.05, 4.69) is 77.4 Å². The Morgan fingerprint density at radius 2 is 1.55 bits per heavy atom. The topological polar surface area (TPSA) is 32.8 Å². The van der Waals surface area contributed by atoms with Gasteiger partial charge in [-0.1, -0.05) is 85.8 Å². The van der Waals surface area contributed by atoms with E-state index in [0.717, 1.165) is 56.4 Å². The van der Waals surface area contributed by atoms with Crippen LogP contribution in [0.5, 0.6) is 5.75 Å². The van der Waals surface area contributed by atoms with Crippen molar-refractivity contribution in [3.63, 3.8) is 0 Å². The van der Waals surface area contributed by atoms with E-state index >= 15 is 0 Å². The fourth-order valence-corrected chi connectivity index (χ4v) is 6.67. The van der Waals surface area contributed by atoms with E-state index in [1.807, 2.05) is 24.3 Å². The van der Waals surface area contributed by atoms with Gasteiger partial charge in [-0.05, 0) is 73.4 Å². The molecular weight excluding hydrogens is 468 g/mol. The van der Waals surface area contributed by atoms with Crippen molar-refractivity contribution in [2.75, 3.05) is 39.8 Å². The molecule has 4 heteroatoms. The van der Waals surface area contributed by atoms with Crippen LogP contribution in [0.25, 0.3) is 0 Å². The lowest BCUT2D eigenvalue weighted by Gasteiger charge is -2.35. The van der Waals surface area contributed by atoms with Crippen molar-refractivity contribution >= 4 is 5.91 Å². The predicted molar refractivity (Wildman–Crippen MR) is 155 cm³/mol. The van der Waals surface area contributed by atoms with Gasteiger partial charge in [-0.15, -0.1) is 0 Å². The molecule has 0 spiro atoms. The van der Waals surface area contributed by atoms with E-state index in [-0.39, 0.29) is 17.7 Å². The summed E-state index contributed by atoms with van der Waals surface area (Å²) in [6, 6.07) is 29.6. The molecule has 2 fully saturated rings. The third-order valence-corrected chi connectivity index (χ3v) is 8.77. The minimum atomic E-state index is -0.0815. The zero-order valence-corrected chi connectivity index (χ0v) is 23.0. The number of nitrogens with zero attached hydrogens (tertiary/aromatic N) is 2. The summed E-state index contributed by atoms with van der Waals surface area (Å²) in [5.74, 6) is 2.56. The maximum Gasteiger partial charge on any atom is 0.230 e. The highest BCUT2D eigenvalue weighted by atomic mass is 16.5. The molecule has 38 heavy (non-hydrogen) atoms. The number of piperidine rings is 1. The molecule has 0 saturated carbocycles. The van der Waals surface area contributed by atoms with Gasteiger partial charge in [-0.3, -0.25) is 4.79 Å². The lowest BCUT2D eigenvalue weighted by atomic mass is 9.86. The monoisotopic (exact) mass is 510 g/mol. The SMILES string of the molecule is CC[C@H](C(=O)N1C[C@H](CN2CCC(Cc3ccccc3)CC2)[C@H](c2ccccc2OC)C1)c1ccccc1. The first-order valence-electron chi connectivity index (χ1n) is 14.4. The van der Waals surface area contributed by atoms with E-state index in [0.29, 0.717) is 5.92 Å². The molecule has 2 aliphatic heterocycles. The molecule has 5 rings (SSSR count). The number of methoxy groups -OCH3 is 1. The molecule has 0 bridgehead atoms. The summed E-state index contributed by atoms with van der Waals surface area (Å²) < 4.78 is 5.78. The zero-order chi connectivity index (χ0) is 26.3. The number of benzene rings is 3. The minimum Gasteiger partial charge on any atom is -0.496 e. The van der Waals surface area contributed by atoms with Crippen molar-refractivity contribution in [2.24, 2.45) is 11.8 Å². The molecule has 0 aliphatic carbocycles. The van der Waals surface area contributed by atoms with Gasteiger partial charge in [-0.2, -0.15) is 0 Å². The van der Waals surface area contributed by atoms with Gasteiger partial charge in [0.2, 0.25) is 5.91 Å². The summed E-state index contributed by atoms with van der Waals surface area (Å²) in [5.41, 5.74) is 3.82. The number of rotatable bonds is 9. The van der Waals surface area contributed by atoms with Crippen LogP contribution >= 0.6 is 0 Å². The summed E-state index contributed by atoms with van der Waals surface area (Å²) >= 11 is 0. The first-order valence-corrected chi connectivity index (χ1v) is 14.4. The van der Waals surface area contributed by atoms with Gasteiger partial charge in [0.1, 0.15) is 5.75 Å². The molecule has 200 valence electrons. The quantitative estimate of drug-likeness (QED) is 0.335. The second-order valence-electron chi connectivity index (χ2n) is 11.2. The Morgan fingerprint density at radius 3 is 2.24 bits per heavy atom. The van der Waals surface area contributed by atoms with Crippen LogP contribution in [-0.4, -0.2) is 55.5 Å². The molecule has 2 heterocycles. The second kappa shape index (κ2) is 12.6. The summed E-state index contributed by atoms with van der Waals surface area (Å²) in [6.45, 7) is 7.02. The summed E-state index contributed by atoms with van der Waals surface area (Å²) in [4.78, 5) is 18.6. The number of para-hydroxylation sites is 1. The first-order chi connectivity index (χ1) is 18.7. The van der Waals surface area contributed by atoms with Gasteiger partial charge in [0.15, 0.2) is 0 Å². The van der Waals surface area contributed by atoms with Gasteiger partial charge in [0, 0.05) is 25.6 Å². The number of amides is 1. The minimum absolute atomic E-state index is 0.0815. The Bertz CT molecular complexity index is 1160. The fraction of sp³-hybridized carbons (Fsp3) is 0.441. The Morgan fingerprint density at radius 1 is 0.895 bits per heavy atom. The highest BCUT2D eigenvalue weighted by Crippen LogP contribution is 2.40. The van der Waals surface area contributed by atoms with Crippen molar-refractivity contribution in [1.29, 1.82) is 0 Å². The van der Waals surface area contributed by atoms with Crippen LogP contribution in [0.4, 0.5) is 0 Å². The molecular formula is C34H42N2O2. The summed E-state index contributed by atoms with van der Waals surface area (Å²) in [6.07, 6.45) is 4.49.